The summed E-state index contributed by atoms with van der Waals surface area (Å²) in [7, 11) is -1.37. The maximum Gasteiger partial charge on any atom is 0.243 e. The largest absolute Gasteiger partial charge is 0.412 e. The molecule has 3 atom stereocenters. The van der Waals surface area contributed by atoms with E-state index in [4.69, 9.17) is 0 Å². The van der Waals surface area contributed by atoms with Crippen LogP contribution < -0.4 is 14.9 Å². The van der Waals surface area contributed by atoms with Crippen LogP contribution in [0.25, 0.3) is 10.9 Å². The molecule has 0 radical (unpaired) electrons. The van der Waals surface area contributed by atoms with Gasteiger partial charge in [-0.05, 0) is 55.8 Å². The number of benzene rings is 2. The van der Waals surface area contributed by atoms with Crippen LogP contribution in [0.4, 0.5) is 15.2 Å². The van der Waals surface area contributed by atoms with Crippen LogP contribution in [-0.2, 0) is 15.8 Å². The first-order valence-electron chi connectivity index (χ1n) is 11.0. The summed E-state index contributed by atoms with van der Waals surface area (Å²) in [6.07, 6.45) is 4.25. The third kappa shape index (κ3) is 5.21. The second-order valence-electron chi connectivity index (χ2n) is 8.21. The number of carbonyl (C=O) groups excluding carboxylic acids is 1. The van der Waals surface area contributed by atoms with E-state index in [1.807, 2.05) is 42.6 Å². The SMILES string of the molecule is C[C@H](C(=O)N[C@H]1CCN(c2ccc(S(=O)Nc3nccs3)cc2)C1)n1ccc2c(F)cccc21.O.[HH].[HH].[HH]. The highest BCUT2D eigenvalue weighted by Gasteiger charge is 2.27. The fourth-order valence-corrected chi connectivity index (χ4v) is 5.75. The lowest BCUT2D eigenvalue weighted by molar-refractivity contribution is -0.124. The summed E-state index contributed by atoms with van der Waals surface area (Å²) < 4.78 is 31.2. The van der Waals surface area contributed by atoms with Gasteiger partial charge in [0.1, 0.15) is 11.9 Å². The number of nitrogens with one attached hydrogen (secondary N) is 2. The smallest absolute Gasteiger partial charge is 0.243 e. The molecule has 3 heterocycles. The Morgan fingerprint density at radius 3 is 2.80 bits per heavy atom. The van der Waals surface area contributed by atoms with Gasteiger partial charge in [-0.2, -0.15) is 0 Å². The molecule has 0 saturated carbocycles. The molecule has 0 aliphatic carbocycles. The zero-order valence-electron chi connectivity index (χ0n) is 19.0. The topological polar surface area (TPSA) is 111 Å². The van der Waals surface area contributed by atoms with Gasteiger partial charge in [-0.1, -0.05) is 6.07 Å². The average Bonchev–Trinajstić information content (AvgIpc) is 3.60. The van der Waals surface area contributed by atoms with E-state index in [0.717, 1.165) is 18.7 Å². The van der Waals surface area contributed by atoms with Crippen molar-refractivity contribution in [3.8, 4) is 0 Å². The van der Waals surface area contributed by atoms with E-state index in [0.29, 0.717) is 27.5 Å². The van der Waals surface area contributed by atoms with Crippen LogP contribution in [0, 0.1) is 5.82 Å². The van der Waals surface area contributed by atoms with E-state index in [2.05, 4.69) is 19.9 Å². The number of aromatic nitrogens is 2. The Hall–Kier alpha value is -3.28. The number of rotatable bonds is 7. The van der Waals surface area contributed by atoms with E-state index < -0.39 is 17.0 Å². The molecule has 1 amide bonds. The number of fused-ring (bicyclic) bond motifs is 1. The molecule has 5 rings (SSSR count). The van der Waals surface area contributed by atoms with Crippen molar-refractivity contribution in [1.29, 1.82) is 0 Å². The van der Waals surface area contributed by atoms with Crippen LogP contribution in [0.15, 0.2) is 71.2 Å². The molecule has 35 heavy (non-hydrogen) atoms. The highest BCUT2D eigenvalue weighted by molar-refractivity contribution is 7.86. The summed E-state index contributed by atoms with van der Waals surface area (Å²) in [5.41, 5.74) is 1.73. The van der Waals surface area contributed by atoms with Crippen LogP contribution in [0.3, 0.4) is 0 Å². The number of carbonyl (C=O) groups is 1. The zero-order chi connectivity index (χ0) is 23.7. The molecule has 0 bridgehead atoms. The van der Waals surface area contributed by atoms with Gasteiger partial charge < -0.3 is 20.3 Å². The lowest BCUT2D eigenvalue weighted by atomic mass is 10.2. The molecule has 1 fully saturated rings. The van der Waals surface area contributed by atoms with E-state index >= 15 is 0 Å². The lowest BCUT2D eigenvalue weighted by Crippen LogP contribution is -2.40. The van der Waals surface area contributed by atoms with Gasteiger partial charge in [0.25, 0.3) is 0 Å². The van der Waals surface area contributed by atoms with Crippen LogP contribution in [0.2, 0.25) is 0 Å². The summed E-state index contributed by atoms with van der Waals surface area (Å²) in [6, 6.07) is 13.8. The van der Waals surface area contributed by atoms with E-state index in [1.165, 1.54) is 17.4 Å². The highest BCUT2D eigenvalue weighted by atomic mass is 32.2. The monoisotopic (exact) mass is 521 g/mol. The first-order valence-corrected chi connectivity index (χ1v) is 13.0. The summed E-state index contributed by atoms with van der Waals surface area (Å²) >= 11 is 1.40. The van der Waals surface area contributed by atoms with Gasteiger partial charge in [-0.3, -0.25) is 9.52 Å². The molecule has 11 heteroatoms. The zero-order valence-corrected chi connectivity index (χ0v) is 20.6. The molecule has 8 nitrogen and oxygen atoms in total. The minimum Gasteiger partial charge on any atom is -0.412 e. The molecule has 4 aromatic rings. The minimum atomic E-state index is -1.37. The van der Waals surface area contributed by atoms with E-state index in [-0.39, 0.29) is 27.5 Å². The molecule has 2 aromatic carbocycles. The van der Waals surface area contributed by atoms with Crippen molar-refractivity contribution >= 4 is 50.0 Å². The lowest BCUT2D eigenvalue weighted by Gasteiger charge is -2.21. The van der Waals surface area contributed by atoms with Gasteiger partial charge in [0.05, 0.1) is 10.4 Å². The molecular weight excluding hydrogens is 489 g/mol. The number of amides is 1. The quantitative estimate of drug-likeness (QED) is 0.379. The van der Waals surface area contributed by atoms with Crippen molar-refractivity contribution in [2.24, 2.45) is 0 Å². The molecule has 4 N–H and O–H groups in total. The van der Waals surface area contributed by atoms with Gasteiger partial charge in [-0.15, -0.1) is 11.3 Å². The Labute approximate surface area is 213 Å². The number of hydrogen-bond acceptors (Lipinski definition) is 5. The van der Waals surface area contributed by atoms with Crippen molar-refractivity contribution in [2.45, 2.75) is 30.3 Å². The van der Waals surface area contributed by atoms with E-state index in [9.17, 15) is 13.4 Å². The Bertz CT molecular complexity index is 1340. The van der Waals surface area contributed by atoms with Gasteiger partial charge in [0.2, 0.25) is 5.91 Å². The van der Waals surface area contributed by atoms with Gasteiger partial charge in [0.15, 0.2) is 16.1 Å². The molecule has 1 aliphatic heterocycles. The van der Waals surface area contributed by atoms with Crippen molar-refractivity contribution in [3.63, 3.8) is 0 Å². The van der Waals surface area contributed by atoms with Gasteiger partial charge in [-0.25, -0.2) is 13.6 Å². The summed E-state index contributed by atoms with van der Waals surface area (Å²) in [4.78, 5) is 19.9. The predicted octanol–water partition coefficient (Wildman–Crippen LogP) is 4.24. The number of thiazole rings is 1. The van der Waals surface area contributed by atoms with E-state index in [1.54, 1.807) is 29.1 Å². The summed E-state index contributed by atoms with van der Waals surface area (Å²) in [5.74, 6) is -0.378. The standard InChI is InChI=1S/C24H24FN5O2S2.H2O.3H2/c1-16(30-13-10-20-21(25)3-2-4-22(20)30)23(31)27-17-9-12-29(15-17)18-5-7-19(8-6-18)34(32)28-24-26-11-14-33-24;;;;/h2-8,10-11,13-14,16-17H,9,12,15H2,1H3,(H,26,28)(H,27,31);1H2;3*1H/t16-,17+,34?;;;;/m1..../s1. The molecule has 2 aromatic heterocycles. The average molecular weight is 522 g/mol. The van der Waals surface area contributed by atoms with Crippen molar-refractivity contribution < 1.29 is 23.1 Å². The Morgan fingerprint density at radius 1 is 1.26 bits per heavy atom. The Kier molecular flexibility index (Phi) is 7.48. The second-order valence-corrected chi connectivity index (χ2v) is 10.3. The maximum absolute atomic E-state index is 14.0. The molecule has 1 aliphatic rings. The first kappa shape index (κ1) is 24.8. The molecule has 0 spiro atoms. The van der Waals surface area contributed by atoms with Gasteiger partial charge in [0, 0.05) is 52.3 Å². The Morgan fingerprint density at radius 2 is 2.06 bits per heavy atom. The molecular formula is C24H32FN5O3S2. The molecule has 190 valence electrons. The third-order valence-corrected chi connectivity index (χ3v) is 7.97. The maximum atomic E-state index is 14.0. The molecule has 1 unspecified atom stereocenters. The van der Waals surface area contributed by atoms with Crippen LogP contribution in [-0.4, -0.2) is 44.3 Å². The van der Waals surface area contributed by atoms with Crippen LogP contribution in [0.1, 0.15) is 23.7 Å². The summed E-state index contributed by atoms with van der Waals surface area (Å²) in [6.45, 7) is 3.33. The second kappa shape index (κ2) is 10.5. The fraction of sp³-hybridized carbons (Fsp3) is 0.250. The number of anilines is 2. The number of halogens is 1. The normalized spacial score (nSPS) is 17.1. The van der Waals surface area contributed by atoms with Crippen molar-refractivity contribution in [1.82, 2.24) is 14.9 Å². The van der Waals surface area contributed by atoms with Gasteiger partial charge >= 0.3 is 0 Å². The number of hydrogen-bond donors (Lipinski definition) is 2. The number of nitrogens with zero attached hydrogens (tertiary/aromatic N) is 3. The Balaban J connectivity index is 0.00000180. The summed E-state index contributed by atoms with van der Waals surface area (Å²) in [5, 5.41) is 6.10. The highest BCUT2D eigenvalue weighted by Crippen LogP contribution is 2.25. The van der Waals surface area contributed by atoms with Crippen molar-refractivity contribution in [2.75, 3.05) is 22.7 Å². The predicted molar refractivity (Wildman–Crippen MR) is 144 cm³/mol. The van der Waals surface area contributed by atoms with Crippen molar-refractivity contribution in [3.05, 3.63) is 72.1 Å². The molecule has 1 saturated heterocycles. The van der Waals surface area contributed by atoms with Crippen LogP contribution in [0.5, 0.6) is 0 Å². The minimum absolute atomic E-state index is 0. The van der Waals surface area contributed by atoms with Crippen LogP contribution >= 0.6 is 11.3 Å². The first-order chi connectivity index (χ1) is 16.5. The fourth-order valence-electron chi connectivity index (χ4n) is 4.24. The third-order valence-electron chi connectivity index (χ3n) is 6.07.